The third kappa shape index (κ3) is 4.06. The highest BCUT2D eigenvalue weighted by Gasteiger charge is 2.33. The number of benzene rings is 1. The molecule has 1 fully saturated rings. The van der Waals surface area contributed by atoms with E-state index in [0.29, 0.717) is 25.6 Å². The van der Waals surface area contributed by atoms with Crippen LogP contribution in [0, 0.1) is 0 Å². The first-order valence-corrected chi connectivity index (χ1v) is 9.83. The maximum absolute atomic E-state index is 13.3. The lowest BCUT2D eigenvalue weighted by Crippen LogP contribution is -2.49. The Kier molecular flexibility index (Phi) is 6.48. The molecule has 1 atom stereocenters. The van der Waals surface area contributed by atoms with E-state index in [-0.39, 0.29) is 35.8 Å². The van der Waals surface area contributed by atoms with Crippen molar-refractivity contribution in [2.45, 2.75) is 25.8 Å². The Bertz CT molecular complexity index is 1010. The van der Waals surface area contributed by atoms with Gasteiger partial charge in [0.1, 0.15) is 11.9 Å². The number of carbonyl (C=O) groups is 1. The van der Waals surface area contributed by atoms with Crippen molar-refractivity contribution in [2.24, 2.45) is 7.05 Å². The van der Waals surface area contributed by atoms with Crippen LogP contribution in [0.2, 0.25) is 0 Å². The third-order valence-corrected chi connectivity index (χ3v) is 5.38. The van der Waals surface area contributed by atoms with E-state index in [1.807, 2.05) is 42.1 Å². The number of hydrogen-bond donors (Lipinski definition) is 2. The summed E-state index contributed by atoms with van der Waals surface area (Å²) in [5.74, 6) is 0.811. The van der Waals surface area contributed by atoms with Gasteiger partial charge < -0.3 is 19.9 Å². The second kappa shape index (κ2) is 8.89. The summed E-state index contributed by atoms with van der Waals surface area (Å²) in [5, 5.41) is 18.1. The first-order chi connectivity index (χ1) is 14.0. The molecule has 1 aliphatic heterocycles. The molecule has 1 unspecified atom stereocenters. The van der Waals surface area contributed by atoms with Gasteiger partial charge in [0, 0.05) is 39.1 Å². The van der Waals surface area contributed by atoms with Crippen molar-refractivity contribution >= 4 is 18.3 Å². The van der Waals surface area contributed by atoms with Gasteiger partial charge in [-0.2, -0.15) is 5.10 Å². The first-order valence-electron chi connectivity index (χ1n) is 9.83. The molecule has 3 heterocycles. The highest BCUT2D eigenvalue weighted by atomic mass is 35.5. The van der Waals surface area contributed by atoms with Crippen LogP contribution in [0.15, 0.2) is 42.9 Å². The molecule has 2 N–H and O–H groups in total. The normalized spacial score (nSPS) is 16.5. The Morgan fingerprint density at radius 2 is 2.00 bits per heavy atom. The van der Waals surface area contributed by atoms with Gasteiger partial charge in [-0.3, -0.25) is 4.79 Å². The van der Waals surface area contributed by atoms with E-state index in [1.165, 1.54) is 11.8 Å². The molecule has 30 heavy (non-hydrogen) atoms. The van der Waals surface area contributed by atoms with Crippen molar-refractivity contribution in [2.75, 3.05) is 19.6 Å². The Labute approximate surface area is 181 Å². The average Bonchev–Trinajstić information content (AvgIpc) is 3.33. The lowest BCUT2D eigenvalue weighted by Gasteiger charge is -2.35. The predicted molar refractivity (Wildman–Crippen MR) is 116 cm³/mol. The zero-order chi connectivity index (χ0) is 20.5. The first kappa shape index (κ1) is 21.9. The number of nitrogens with zero attached hydrogens (tertiary/aromatic N) is 5. The molecule has 0 aliphatic carbocycles. The van der Waals surface area contributed by atoms with Crippen LogP contribution >= 0.6 is 12.4 Å². The number of halogens is 1. The van der Waals surface area contributed by atoms with Gasteiger partial charge in [-0.1, -0.05) is 26.0 Å². The van der Waals surface area contributed by atoms with E-state index < -0.39 is 0 Å². The second-order valence-corrected chi connectivity index (χ2v) is 7.67. The summed E-state index contributed by atoms with van der Waals surface area (Å²) in [6, 6.07) is 7.74. The van der Waals surface area contributed by atoms with E-state index in [2.05, 4.69) is 29.2 Å². The lowest BCUT2D eigenvalue weighted by atomic mass is 10.0. The second-order valence-electron chi connectivity index (χ2n) is 7.67. The van der Waals surface area contributed by atoms with Crippen molar-refractivity contribution in [1.82, 2.24) is 29.5 Å². The highest BCUT2D eigenvalue weighted by Crippen LogP contribution is 2.26. The van der Waals surface area contributed by atoms with Crippen molar-refractivity contribution < 1.29 is 9.90 Å². The topological polar surface area (TPSA) is 88.2 Å². The number of aromatic hydroxyl groups is 1. The van der Waals surface area contributed by atoms with Crippen molar-refractivity contribution in [3.05, 3.63) is 59.9 Å². The molecular formula is C21H27ClN6O2. The van der Waals surface area contributed by atoms with E-state index in [1.54, 1.807) is 15.8 Å². The summed E-state index contributed by atoms with van der Waals surface area (Å²) in [5.41, 5.74) is 2.07. The van der Waals surface area contributed by atoms with Crippen LogP contribution in [0.25, 0.3) is 5.69 Å². The van der Waals surface area contributed by atoms with Gasteiger partial charge in [-0.25, -0.2) is 9.67 Å². The number of hydrogen-bond acceptors (Lipinski definition) is 5. The minimum absolute atomic E-state index is 0. The SMILES string of the molecule is CC(C)c1ccc(-n2cc(O)c(C(=O)N3CCNCC3c3nccn3C)n2)cc1.Cl. The number of aryl methyl sites for hydroxylation is 1. The van der Waals surface area contributed by atoms with Gasteiger partial charge in [0.15, 0.2) is 11.4 Å². The molecule has 3 aromatic rings. The Balaban J connectivity index is 0.00000256. The number of carbonyl (C=O) groups excluding carboxylic acids is 1. The highest BCUT2D eigenvalue weighted by molar-refractivity contribution is 5.95. The number of nitrogens with one attached hydrogen (secondary N) is 1. The quantitative estimate of drug-likeness (QED) is 0.664. The molecule has 4 rings (SSSR count). The Morgan fingerprint density at radius 1 is 1.27 bits per heavy atom. The van der Waals surface area contributed by atoms with Crippen LogP contribution in [-0.4, -0.2) is 54.9 Å². The van der Waals surface area contributed by atoms with Gasteiger partial charge in [-0.15, -0.1) is 12.4 Å². The number of piperazine rings is 1. The molecule has 1 amide bonds. The molecule has 1 aromatic carbocycles. The molecule has 0 spiro atoms. The van der Waals surface area contributed by atoms with Crippen molar-refractivity contribution in [1.29, 1.82) is 0 Å². The van der Waals surface area contributed by atoms with Gasteiger partial charge in [0.2, 0.25) is 0 Å². The molecule has 2 aromatic heterocycles. The van der Waals surface area contributed by atoms with Crippen molar-refractivity contribution in [3.63, 3.8) is 0 Å². The summed E-state index contributed by atoms with van der Waals surface area (Å²) in [7, 11) is 1.91. The average molecular weight is 431 g/mol. The smallest absolute Gasteiger partial charge is 0.278 e. The van der Waals surface area contributed by atoms with Crippen LogP contribution in [0.3, 0.4) is 0 Å². The van der Waals surface area contributed by atoms with Gasteiger partial charge in [0.05, 0.1) is 11.9 Å². The molecule has 0 saturated carbocycles. The minimum Gasteiger partial charge on any atom is -0.504 e. The monoisotopic (exact) mass is 430 g/mol. The van der Waals surface area contributed by atoms with E-state index in [4.69, 9.17) is 0 Å². The fourth-order valence-corrected chi connectivity index (χ4v) is 3.67. The predicted octanol–water partition coefficient (Wildman–Crippen LogP) is 2.64. The fraction of sp³-hybridized carbons (Fsp3) is 0.381. The zero-order valence-corrected chi connectivity index (χ0v) is 18.1. The van der Waals surface area contributed by atoms with Crippen LogP contribution in [0.1, 0.15) is 47.7 Å². The summed E-state index contributed by atoms with van der Waals surface area (Å²) < 4.78 is 3.46. The van der Waals surface area contributed by atoms with Gasteiger partial charge in [-0.05, 0) is 23.6 Å². The number of amides is 1. The van der Waals surface area contributed by atoms with E-state index >= 15 is 0 Å². The summed E-state index contributed by atoms with van der Waals surface area (Å²) >= 11 is 0. The van der Waals surface area contributed by atoms with Crippen LogP contribution in [0.4, 0.5) is 0 Å². The summed E-state index contributed by atoms with van der Waals surface area (Å²) in [6.45, 7) is 6.08. The molecular weight excluding hydrogens is 404 g/mol. The molecule has 1 saturated heterocycles. The number of imidazole rings is 1. The van der Waals surface area contributed by atoms with E-state index in [9.17, 15) is 9.90 Å². The molecule has 8 nitrogen and oxygen atoms in total. The van der Waals surface area contributed by atoms with Gasteiger partial charge in [0.25, 0.3) is 5.91 Å². The number of rotatable bonds is 4. The van der Waals surface area contributed by atoms with Crippen LogP contribution in [0.5, 0.6) is 5.75 Å². The molecule has 0 bridgehead atoms. The molecule has 0 radical (unpaired) electrons. The Morgan fingerprint density at radius 3 is 2.63 bits per heavy atom. The van der Waals surface area contributed by atoms with Gasteiger partial charge >= 0.3 is 0 Å². The molecule has 1 aliphatic rings. The van der Waals surface area contributed by atoms with Crippen LogP contribution in [-0.2, 0) is 7.05 Å². The van der Waals surface area contributed by atoms with Crippen LogP contribution < -0.4 is 5.32 Å². The summed E-state index contributed by atoms with van der Waals surface area (Å²) in [6.07, 6.45) is 5.06. The third-order valence-electron chi connectivity index (χ3n) is 5.38. The summed E-state index contributed by atoms with van der Waals surface area (Å²) in [4.78, 5) is 19.4. The fourth-order valence-electron chi connectivity index (χ4n) is 3.67. The van der Waals surface area contributed by atoms with E-state index in [0.717, 1.165) is 11.5 Å². The number of aromatic nitrogens is 4. The Hall–Kier alpha value is -2.84. The maximum Gasteiger partial charge on any atom is 0.278 e. The lowest BCUT2D eigenvalue weighted by molar-refractivity contribution is 0.0611. The largest absolute Gasteiger partial charge is 0.504 e. The van der Waals surface area contributed by atoms with Crippen molar-refractivity contribution in [3.8, 4) is 11.4 Å². The molecule has 160 valence electrons. The zero-order valence-electron chi connectivity index (χ0n) is 17.3. The minimum atomic E-state index is -0.297. The molecule has 9 heteroatoms. The standard InChI is InChI=1S/C21H26N6O2.ClH/c1-14(2)15-4-6-16(7-5-15)27-13-18(28)19(24-27)21(29)26-11-8-22-12-17(26)20-23-9-10-25(20)3;/h4-7,9-10,13-14,17,22,28H,8,11-12H2,1-3H3;1H. The maximum atomic E-state index is 13.3.